The van der Waals surface area contributed by atoms with Gasteiger partial charge in [-0.25, -0.2) is 4.98 Å². The van der Waals surface area contributed by atoms with Crippen LogP contribution in [-0.4, -0.2) is 31.6 Å². The van der Waals surface area contributed by atoms with E-state index in [1.165, 1.54) is 11.1 Å². The van der Waals surface area contributed by atoms with E-state index >= 15 is 0 Å². The molecule has 1 N–H and O–H groups in total. The Morgan fingerprint density at radius 3 is 2.62 bits per heavy atom. The van der Waals surface area contributed by atoms with Gasteiger partial charge in [-0.2, -0.15) is 5.10 Å². The van der Waals surface area contributed by atoms with E-state index in [1.54, 1.807) is 10.9 Å². The van der Waals surface area contributed by atoms with Crippen LogP contribution >= 0.6 is 0 Å². The molecule has 0 saturated heterocycles. The second-order valence-electron chi connectivity index (χ2n) is 8.57. The largest absolute Gasteiger partial charge is 0.367 e. The second kappa shape index (κ2) is 8.51. The van der Waals surface area contributed by atoms with Gasteiger partial charge in [-0.3, -0.25) is 9.48 Å². The molecule has 6 rings (SSSR count). The van der Waals surface area contributed by atoms with Crippen molar-refractivity contribution in [3.63, 3.8) is 0 Å². The molecule has 3 aromatic heterocycles. The van der Waals surface area contributed by atoms with Crippen molar-refractivity contribution in [2.45, 2.75) is 19.5 Å². The normalized spacial score (nSPS) is 13.1. The lowest BCUT2D eigenvalue weighted by Crippen LogP contribution is -2.30. The highest BCUT2D eigenvalue weighted by atomic mass is 16.1. The number of hydrogen-bond acceptors (Lipinski definition) is 4. The van der Waals surface area contributed by atoms with E-state index < -0.39 is 0 Å². The van der Waals surface area contributed by atoms with E-state index in [9.17, 15) is 4.79 Å². The van der Waals surface area contributed by atoms with E-state index in [2.05, 4.69) is 44.6 Å². The van der Waals surface area contributed by atoms with Crippen LogP contribution in [0.4, 0.5) is 11.4 Å². The first kappa shape index (κ1) is 20.2. The van der Waals surface area contributed by atoms with Crippen LogP contribution in [0.3, 0.4) is 0 Å². The predicted molar refractivity (Wildman–Crippen MR) is 132 cm³/mol. The molecule has 0 aliphatic carbocycles. The Kier molecular flexibility index (Phi) is 5.07. The first-order chi connectivity index (χ1) is 16.7. The summed E-state index contributed by atoms with van der Waals surface area (Å²) in [5, 5.41) is 7.31. The summed E-state index contributed by atoms with van der Waals surface area (Å²) >= 11 is 0. The van der Waals surface area contributed by atoms with Gasteiger partial charge < -0.3 is 14.6 Å². The van der Waals surface area contributed by atoms with Crippen molar-refractivity contribution in [3.8, 4) is 0 Å². The molecule has 0 radical (unpaired) electrons. The van der Waals surface area contributed by atoms with Crippen molar-refractivity contribution in [1.82, 2.24) is 19.2 Å². The Bertz CT molecular complexity index is 1430. The lowest BCUT2D eigenvalue weighted by atomic mass is 9.99. The smallest absolute Gasteiger partial charge is 0.255 e. The fraction of sp³-hybridized carbons (Fsp3) is 0.148. The number of benzene rings is 2. The zero-order valence-electron chi connectivity index (χ0n) is 18.6. The number of rotatable bonds is 5. The molecule has 0 saturated carbocycles. The van der Waals surface area contributed by atoms with Crippen molar-refractivity contribution in [2.75, 3.05) is 16.8 Å². The third-order valence-electron chi connectivity index (χ3n) is 6.25. The van der Waals surface area contributed by atoms with Gasteiger partial charge in [0.2, 0.25) is 0 Å². The Morgan fingerprint density at radius 2 is 1.76 bits per heavy atom. The van der Waals surface area contributed by atoms with Crippen molar-refractivity contribution in [3.05, 3.63) is 114 Å². The molecule has 2 aromatic carbocycles. The molecule has 1 aliphatic heterocycles. The SMILES string of the molecule is O=C(Nc1cnn(Cc2cn3ccccc3n2)c1)c1ccc(N2CCc3ccccc3C2)cc1. The van der Waals surface area contributed by atoms with Gasteiger partial charge in [0.05, 0.1) is 24.1 Å². The van der Waals surface area contributed by atoms with E-state index in [0.717, 1.165) is 36.5 Å². The van der Waals surface area contributed by atoms with Crippen LogP contribution in [0.15, 0.2) is 91.5 Å². The molecular formula is C27H24N6O. The highest BCUT2D eigenvalue weighted by Crippen LogP contribution is 2.25. The minimum Gasteiger partial charge on any atom is -0.367 e. The average Bonchev–Trinajstić information content (AvgIpc) is 3.50. The molecule has 1 amide bonds. The predicted octanol–water partition coefficient (Wildman–Crippen LogP) is 4.39. The maximum atomic E-state index is 12.8. The Labute approximate surface area is 197 Å². The number of carbonyl (C=O) groups is 1. The Morgan fingerprint density at radius 1 is 0.941 bits per heavy atom. The lowest BCUT2D eigenvalue weighted by molar-refractivity contribution is 0.102. The van der Waals surface area contributed by atoms with Gasteiger partial charge in [0.25, 0.3) is 5.91 Å². The zero-order chi connectivity index (χ0) is 22.9. The summed E-state index contributed by atoms with van der Waals surface area (Å²) < 4.78 is 3.75. The van der Waals surface area contributed by atoms with Gasteiger partial charge in [-0.05, 0) is 53.9 Å². The molecule has 168 valence electrons. The fourth-order valence-corrected chi connectivity index (χ4v) is 4.49. The van der Waals surface area contributed by atoms with Gasteiger partial charge in [0.1, 0.15) is 5.65 Å². The minimum atomic E-state index is -0.150. The summed E-state index contributed by atoms with van der Waals surface area (Å²) in [5.74, 6) is -0.150. The quantitative estimate of drug-likeness (QED) is 0.433. The van der Waals surface area contributed by atoms with Gasteiger partial charge >= 0.3 is 0 Å². The standard InChI is InChI=1S/C27H24N6O/c34-27(21-8-10-25(11-9-21)31-14-12-20-5-1-2-6-22(20)16-31)30-23-15-28-33(18-23)19-24-17-32-13-4-3-7-26(32)29-24/h1-11,13,15,17-18H,12,14,16,19H2,(H,30,34). The molecule has 1 aliphatic rings. The van der Waals surface area contributed by atoms with E-state index in [4.69, 9.17) is 0 Å². The van der Waals surface area contributed by atoms with E-state index in [-0.39, 0.29) is 5.91 Å². The molecule has 0 unspecified atom stereocenters. The van der Waals surface area contributed by atoms with Crippen LogP contribution in [0.25, 0.3) is 5.65 Å². The van der Waals surface area contributed by atoms with Crippen LogP contribution in [0.5, 0.6) is 0 Å². The monoisotopic (exact) mass is 448 g/mol. The van der Waals surface area contributed by atoms with Gasteiger partial charge in [0, 0.05) is 42.9 Å². The van der Waals surface area contributed by atoms with Crippen LogP contribution in [0.2, 0.25) is 0 Å². The Balaban J connectivity index is 1.10. The molecule has 7 nitrogen and oxygen atoms in total. The molecule has 0 spiro atoms. The summed E-state index contributed by atoms with van der Waals surface area (Å²) in [7, 11) is 0. The minimum absolute atomic E-state index is 0.150. The van der Waals surface area contributed by atoms with Crippen LogP contribution in [0.1, 0.15) is 27.2 Å². The van der Waals surface area contributed by atoms with Crippen LogP contribution < -0.4 is 10.2 Å². The molecule has 4 heterocycles. The molecule has 34 heavy (non-hydrogen) atoms. The average molecular weight is 449 g/mol. The highest BCUT2D eigenvalue weighted by Gasteiger charge is 2.16. The van der Waals surface area contributed by atoms with Crippen molar-refractivity contribution >= 4 is 22.9 Å². The number of nitrogens with zero attached hydrogens (tertiary/aromatic N) is 5. The molecule has 7 heteroatoms. The van der Waals surface area contributed by atoms with Gasteiger partial charge in [0.15, 0.2) is 0 Å². The van der Waals surface area contributed by atoms with Gasteiger partial charge in [-0.1, -0.05) is 30.3 Å². The van der Waals surface area contributed by atoms with Crippen molar-refractivity contribution in [2.24, 2.45) is 0 Å². The van der Waals surface area contributed by atoms with Crippen molar-refractivity contribution in [1.29, 1.82) is 0 Å². The van der Waals surface area contributed by atoms with Gasteiger partial charge in [-0.15, -0.1) is 0 Å². The molecule has 0 fully saturated rings. The summed E-state index contributed by atoms with van der Waals surface area (Å²) in [6.07, 6.45) is 8.47. The second-order valence-corrected chi connectivity index (χ2v) is 8.57. The summed E-state index contributed by atoms with van der Waals surface area (Å²) in [5.41, 5.74) is 7.01. The molecular weight excluding hydrogens is 424 g/mol. The fourth-order valence-electron chi connectivity index (χ4n) is 4.49. The number of imidazole rings is 1. The topological polar surface area (TPSA) is 67.5 Å². The summed E-state index contributed by atoms with van der Waals surface area (Å²) in [4.78, 5) is 19.7. The number of pyridine rings is 1. The van der Waals surface area contributed by atoms with E-state index in [0.29, 0.717) is 17.8 Å². The first-order valence-corrected chi connectivity index (χ1v) is 11.4. The maximum Gasteiger partial charge on any atom is 0.255 e. The number of fused-ring (bicyclic) bond motifs is 2. The molecule has 0 bridgehead atoms. The molecule has 0 atom stereocenters. The number of carbonyl (C=O) groups excluding carboxylic acids is 1. The zero-order valence-corrected chi connectivity index (χ0v) is 18.6. The number of hydrogen-bond donors (Lipinski definition) is 1. The van der Waals surface area contributed by atoms with Crippen molar-refractivity contribution < 1.29 is 4.79 Å². The number of amides is 1. The number of nitrogens with one attached hydrogen (secondary N) is 1. The van der Waals surface area contributed by atoms with E-state index in [1.807, 2.05) is 65.5 Å². The third kappa shape index (κ3) is 4.03. The Hall–Kier alpha value is -4.39. The lowest BCUT2D eigenvalue weighted by Gasteiger charge is -2.30. The maximum absolute atomic E-state index is 12.8. The third-order valence-corrected chi connectivity index (χ3v) is 6.25. The highest BCUT2D eigenvalue weighted by molar-refractivity contribution is 6.04. The molecule has 5 aromatic rings. The number of aromatic nitrogens is 4. The van der Waals surface area contributed by atoms with Crippen LogP contribution in [-0.2, 0) is 19.5 Å². The van der Waals surface area contributed by atoms with Crippen LogP contribution in [0, 0.1) is 0 Å². The summed E-state index contributed by atoms with van der Waals surface area (Å²) in [6.45, 7) is 2.41. The summed E-state index contributed by atoms with van der Waals surface area (Å²) in [6, 6.07) is 22.3. The number of anilines is 2. The first-order valence-electron chi connectivity index (χ1n) is 11.4.